The molecule has 3 N–H and O–H groups in total. The highest BCUT2D eigenvalue weighted by Crippen LogP contribution is 2.49. The Kier molecular flexibility index (Phi) is 9.29. The van der Waals surface area contributed by atoms with Crippen LogP contribution >= 0.6 is 0 Å². The zero-order valence-electron chi connectivity index (χ0n) is 20.3. The van der Waals surface area contributed by atoms with Crippen LogP contribution in [0.5, 0.6) is 0 Å². The van der Waals surface area contributed by atoms with Gasteiger partial charge in [0.25, 0.3) is 0 Å². The number of hydrogen-bond acceptors (Lipinski definition) is 6. The first-order valence-corrected chi connectivity index (χ1v) is 12.2. The van der Waals surface area contributed by atoms with Gasteiger partial charge < -0.3 is 20.1 Å². The van der Waals surface area contributed by atoms with Gasteiger partial charge in [0.1, 0.15) is 11.9 Å². The Balaban J connectivity index is 2.15. The van der Waals surface area contributed by atoms with Gasteiger partial charge in [-0.15, -0.1) is 0 Å². The topological polar surface area (TPSA) is 121 Å². The summed E-state index contributed by atoms with van der Waals surface area (Å²) < 4.78 is 6.07. The predicted molar refractivity (Wildman–Crippen MR) is 120 cm³/mol. The van der Waals surface area contributed by atoms with E-state index in [1.165, 1.54) is 0 Å². The molecular weight excluding hydrogens is 412 g/mol. The van der Waals surface area contributed by atoms with Crippen molar-refractivity contribution < 1.29 is 34.4 Å². The van der Waals surface area contributed by atoms with Gasteiger partial charge in [-0.25, -0.2) is 0 Å². The maximum Gasteiger partial charge on any atom is 0.311 e. The highest BCUT2D eigenvalue weighted by molar-refractivity contribution is 5.85. The average molecular weight is 455 g/mol. The maximum absolute atomic E-state index is 13.0. The van der Waals surface area contributed by atoms with E-state index in [2.05, 4.69) is 6.92 Å². The summed E-state index contributed by atoms with van der Waals surface area (Å²) >= 11 is 0. The first kappa shape index (κ1) is 26.8. The van der Waals surface area contributed by atoms with E-state index in [0.717, 1.165) is 12.8 Å². The molecule has 0 aromatic heterocycles. The molecule has 2 fully saturated rings. The molecule has 0 radical (unpaired) electrons. The van der Waals surface area contributed by atoms with E-state index in [9.17, 15) is 24.6 Å². The summed E-state index contributed by atoms with van der Waals surface area (Å²) in [5.41, 5.74) is -0.577. The molecule has 7 heteroatoms. The van der Waals surface area contributed by atoms with Crippen LogP contribution in [0.4, 0.5) is 0 Å². The van der Waals surface area contributed by atoms with Crippen molar-refractivity contribution >= 4 is 17.7 Å². The Morgan fingerprint density at radius 3 is 2.41 bits per heavy atom. The lowest BCUT2D eigenvalue weighted by Gasteiger charge is -2.49. The number of carbonyl (C=O) groups excluding carboxylic acids is 2. The quantitative estimate of drug-likeness (QED) is 0.431. The summed E-state index contributed by atoms with van der Waals surface area (Å²) in [5, 5.41) is 29.0. The Bertz CT molecular complexity index is 673. The zero-order chi connectivity index (χ0) is 24.2. The summed E-state index contributed by atoms with van der Waals surface area (Å²) in [6, 6.07) is 0. The molecule has 2 aliphatic rings. The monoisotopic (exact) mass is 454 g/mol. The van der Waals surface area contributed by atoms with Crippen molar-refractivity contribution in [2.75, 3.05) is 0 Å². The number of aliphatic hydroxyl groups excluding tert-OH is 2. The number of ketones is 1. The molecule has 7 nitrogen and oxygen atoms in total. The predicted octanol–water partition coefficient (Wildman–Crippen LogP) is 3.59. The minimum atomic E-state index is -1.09. The zero-order valence-corrected chi connectivity index (χ0v) is 20.3. The minimum absolute atomic E-state index is 0.0144. The minimum Gasteiger partial charge on any atom is -0.481 e. The van der Waals surface area contributed by atoms with Gasteiger partial charge in [0, 0.05) is 17.8 Å². The maximum atomic E-state index is 13.0. The number of esters is 1. The van der Waals surface area contributed by atoms with Crippen LogP contribution in [0.1, 0.15) is 86.0 Å². The molecule has 1 unspecified atom stereocenters. The number of aliphatic hydroxyl groups is 2. The lowest BCUT2D eigenvalue weighted by atomic mass is 9.57. The number of aliphatic carboxylic acids is 1. The molecule has 0 aliphatic heterocycles. The molecule has 32 heavy (non-hydrogen) atoms. The van der Waals surface area contributed by atoms with Crippen LogP contribution in [0.15, 0.2) is 0 Å². The van der Waals surface area contributed by atoms with Gasteiger partial charge in [0.05, 0.1) is 24.0 Å². The molecule has 2 saturated carbocycles. The first-order chi connectivity index (χ1) is 14.9. The molecular formula is C25H42O7. The molecule has 0 amide bonds. The Morgan fingerprint density at radius 2 is 1.81 bits per heavy atom. The van der Waals surface area contributed by atoms with E-state index in [4.69, 9.17) is 9.84 Å². The number of hydrogen-bond donors (Lipinski definition) is 3. The summed E-state index contributed by atoms with van der Waals surface area (Å²) in [7, 11) is 0. The van der Waals surface area contributed by atoms with Crippen LogP contribution in [0.2, 0.25) is 0 Å². The van der Waals surface area contributed by atoms with E-state index in [-0.39, 0.29) is 54.4 Å². The van der Waals surface area contributed by atoms with Crippen molar-refractivity contribution in [1.82, 2.24) is 0 Å². The van der Waals surface area contributed by atoms with Gasteiger partial charge in [-0.1, -0.05) is 20.8 Å². The molecule has 0 aromatic rings. The van der Waals surface area contributed by atoms with E-state index in [1.807, 2.05) is 27.7 Å². The second kappa shape index (κ2) is 11.1. The largest absolute Gasteiger partial charge is 0.481 e. The van der Waals surface area contributed by atoms with Crippen LogP contribution in [0.3, 0.4) is 0 Å². The standard InChI is InChI=1S/C25H42O7/c1-6-25(4,5)24(31)32-20-11-15(3)23(30)19-9-7-14(2)18(22(19)20)10-8-16(26)12-17(27)13-21(28)29/h14-20,22,26-27H,6-13H2,1-5H3,(H,28,29)/t14-,15+,16+,17+,18-,19+,20-,22?/m0/s1. The molecule has 184 valence electrons. The smallest absolute Gasteiger partial charge is 0.311 e. The second-order valence-electron chi connectivity index (χ2n) is 10.8. The third-order valence-corrected chi connectivity index (χ3v) is 7.97. The van der Waals surface area contributed by atoms with Gasteiger partial charge in [0.2, 0.25) is 0 Å². The number of Topliss-reactive ketones (excluding diaryl/α,β-unsaturated/α-hetero) is 1. The number of ether oxygens (including phenoxy) is 1. The number of rotatable bonds is 10. The van der Waals surface area contributed by atoms with E-state index in [1.54, 1.807) is 0 Å². The Morgan fingerprint density at radius 1 is 1.16 bits per heavy atom. The van der Waals surface area contributed by atoms with Crippen LogP contribution in [-0.4, -0.2) is 51.4 Å². The second-order valence-corrected chi connectivity index (χ2v) is 10.8. The van der Waals surface area contributed by atoms with Crippen LogP contribution in [-0.2, 0) is 19.1 Å². The van der Waals surface area contributed by atoms with E-state index >= 15 is 0 Å². The van der Waals surface area contributed by atoms with Crippen molar-refractivity contribution in [1.29, 1.82) is 0 Å². The fraction of sp³-hybridized carbons (Fsp3) is 0.880. The summed E-state index contributed by atoms with van der Waals surface area (Å²) in [6.07, 6.45) is 1.42. The lowest BCUT2D eigenvalue weighted by molar-refractivity contribution is -0.176. The Hall–Kier alpha value is -1.47. The first-order valence-electron chi connectivity index (χ1n) is 12.2. The Labute approximate surface area is 191 Å². The summed E-state index contributed by atoms with van der Waals surface area (Å²) in [5.74, 6) is -0.932. The summed E-state index contributed by atoms with van der Waals surface area (Å²) in [6.45, 7) is 9.80. The van der Waals surface area contributed by atoms with Crippen molar-refractivity contribution in [2.24, 2.45) is 35.0 Å². The fourth-order valence-corrected chi connectivity index (χ4v) is 5.53. The number of carboxylic acids is 1. The fourth-order valence-electron chi connectivity index (χ4n) is 5.53. The number of carbonyl (C=O) groups is 3. The molecule has 0 spiro atoms. The van der Waals surface area contributed by atoms with E-state index < -0.39 is 23.6 Å². The number of carboxylic acid groups (broad SMARTS) is 1. The third-order valence-electron chi connectivity index (χ3n) is 7.97. The molecule has 2 aliphatic carbocycles. The molecule has 0 heterocycles. The molecule has 0 saturated heterocycles. The van der Waals surface area contributed by atoms with Gasteiger partial charge in [-0.05, 0) is 70.6 Å². The average Bonchev–Trinajstić information content (AvgIpc) is 2.69. The molecule has 8 atom stereocenters. The summed E-state index contributed by atoms with van der Waals surface area (Å²) in [4.78, 5) is 36.6. The van der Waals surface area contributed by atoms with Crippen molar-refractivity contribution in [3.8, 4) is 0 Å². The normalized spacial score (nSPS) is 32.7. The third kappa shape index (κ3) is 6.53. The highest BCUT2D eigenvalue weighted by atomic mass is 16.5. The molecule has 2 rings (SSSR count). The van der Waals surface area contributed by atoms with Crippen molar-refractivity contribution in [3.63, 3.8) is 0 Å². The lowest BCUT2D eigenvalue weighted by Crippen LogP contribution is -2.52. The van der Waals surface area contributed by atoms with Gasteiger partial charge in [-0.3, -0.25) is 14.4 Å². The number of fused-ring (bicyclic) bond motifs is 1. The van der Waals surface area contributed by atoms with Gasteiger partial charge >= 0.3 is 11.9 Å². The van der Waals surface area contributed by atoms with E-state index in [0.29, 0.717) is 31.6 Å². The SMILES string of the molecule is CCC(C)(C)C(=O)O[C@H]1C[C@@H](C)C(=O)[C@@H]2CC[C@H](C)[C@H](CC[C@@H](O)C[C@@H](O)CC(=O)O)C12. The van der Waals surface area contributed by atoms with Crippen LogP contribution < -0.4 is 0 Å². The molecule has 0 aromatic carbocycles. The van der Waals surface area contributed by atoms with Crippen LogP contribution in [0.25, 0.3) is 0 Å². The van der Waals surface area contributed by atoms with Crippen molar-refractivity contribution in [3.05, 3.63) is 0 Å². The van der Waals surface area contributed by atoms with Crippen LogP contribution in [0, 0.1) is 35.0 Å². The molecule has 0 bridgehead atoms. The van der Waals surface area contributed by atoms with Crippen molar-refractivity contribution in [2.45, 2.75) is 104 Å². The van der Waals surface area contributed by atoms with Gasteiger partial charge in [0.15, 0.2) is 0 Å². The highest BCUT2D eigenvalue weighted by Gasteiger charge is 2.51. The van der Waals surface area contributed by atoms with Gasteiger partial charge in [-0.2, -0.15) is 0 Å².